The van der Waals surface area contributed by atoms with Crippen LogP contribution in [0.5, 0.6) is 0 Å². The molecule has 0 fully saturated rings. The molecular formula is C19H18FN3O2S. The number of halogens is 1. The first kappa shape index (κ1) is 18.1. The summed E-state index contributed by atoms with van der Waals surface area (Å²) in [6.45, 7) is 3.82. The molecule has 3 rings (SSSR count). The first-order valence-electron chi connectivity index (χ1n) is 8.20. The van der Waals surface area contributed by atoms with Gasteiger partial charge in [-0.2, -0.15) is 0 Å². The van der Waals surface area contributed by atoms with Crippen molar-refractivity contribution < 1.29 is 13.9 Å². The standard InChI is InChI=1S/C19H18FN3O2S/c1-3-25-18(24)13(2)26-19-22-21-17(15-11-7-8-12-16(15)20)23(19)14-9-5-4-6-10-14/h4-13H,3H2,1-2H3/t13-/m0/s1. The summed E-state index contributed by atoms with van der Waals surface area (Å²) >= 11 is 1.23. The van der Waals surface area contributed by atoms with Gasteiger partial charge < -0.3 is 4.74 Å². The van der Waals surface area contributed by atoms with Crippen LogP contribution in [0.15, 0.2) is 59.8 Å². The minimum Gasteiger partial charge on any atom is -0.465 e. The van der Waals surface area contributed by atoms with Crippen LogP contribution in [0.2, 0.25) is 0 Å². The Bertz CT molecular complexity index is 899. The van der Waals surface area contributed by atoms with Crippen LogP contribution in [-0.2, 0) is 9.53 Å². The van der Waals surface area contributed by atoms with Crippen molar-refractivity contribution in [1.29, 1.82) is 0 Å². The highest BCUT2D eigenvalue weighted by Gasteiger charge is 2.23. The number of aromatic nitrogens is 3. The Morgan fingerprint density at radius 1 is 1.15 bits per heavy atom. The number of nitrogens with zero attached hydrogens (tertiary/aromatic N) is 3. The van der Waals surface area contributed by atoms with E-state index in [4.69, 9.17) is 4.74 Å². The van der Waals surface area contributed by atoms with E-state index in [9.17, 15) is 9.18 Å². The highest BCUT2D eigenvalue weighted by atomic mass is 32.2. The van der Waals surface area contributed by atoms with Crippen LogP contribution >= 0.6 is 11.8 Å². The van der Waals surface area contributed by atoms with Crippen molar-refractivity contribution in [3.63, 3.8) is 0 Å². The average Bonchev–Trinajstić information content (AvgIpc) is 3.06. The van der Waals surface area contributed by atoms with Gasteiger partial charge in [0.15, 0.2) is 11.0 Å². The van der Waals surface area contributed by atoms with Gasteiger partial charge >= 0.3 is 5.97 Å². The van der Waals surface area contributed by atoms with E-state index in [1.54, 1.807) is 36.6 Å². The minimum atomic E-state index is -0.463. The van der Waals surface area contributed by atoms with Gasteiger partial charge in [0.25, 0.3) is 0 Å². The lowest BCUT2D eigenvalue weighted by Gasteiger charge is -2.13. The quantitative estimate of drug-likeness (QED) is 0.482. The SMILES string of the molecule is CCOC(=O)[C@H](C)Sc1nnc(-c2ccccc2F)n1-c1ccccc1. The third kappa shape index (κ3) is 3.77. The Labute approximate surface area is 155 Å². The molecule has 0 aliphatic carbocycles. The van der Waals surface area contributed by atoms with Crippen molar-refractivity contribution >= 4 is 17.7 Å². The van der Waals surface area contributed by atoms with Crippen molar-refractivity contribution in [2.45, 2.75) is 24.3 Å². The van der Waals surface area contributed by atoms with E-state index < -0.39 is 5.25 Å². The minimum absolute atomic E-state index is 0.315. The van der Waals surface area contributed by atoms with Crippen LogP contribution in [0.3, 0.4) is 0 Å². The number of esters is 1. The molecule has 134 valence electrons. The second-order valence-electron chi connectivity index (χ2n) is 5.47. The van der Waals surface area contributed by atoms with Crippen LogP contribution in [0.25, 0.3) is 17.1 Å². The van der Waals surface area contributed by atoms with Crippen LogP contribution in [0, 0.1) is 5.82 Å². The predicted molar refractivity (Wildman–Crippen MR) is 98.7 cm³/mol. The van der Waals surface area contributed by atoms with Crippen molar-refractivity contribution in [2.75, 3.05) is 6.61 Å². The maximum Gasteiger partial charge on any atom is 0.319 e. The number of carbonyl (C=O) groups is 1. The number of hydrogen-bond acceptors (Lipinski definition) is 5. The third-order valence-electron chi connectivity index (χ3n) is 3.66. The Hall–Kier alpha value is -2.67. The van der Waals surface area contributed by atoms with Gasteiger partial charge in [0.05, 0.1) is 12.2 Å². The molecule has 0 bridgehead atoms. The number of para-hydroxylation sites is 1. The number of thioether (sulfide) groups is 1. The third-order valence-corrected chi connectivity index (χ3v) is 4.68. The van der Waals surface area contributed by atoms with Gasteiger partial charge in [0.1, 0.15) is 11.1 Å². The van der Waals surface area contributed by atoms with Gasteiger partial charge in [0.2, 0.25) is 0 Å². The highest BCUT2D eigenvalue weighted by molar-refractivity contribution is 8.00. The lowest BCUT2D eigenvalue weighted by molar-refractivity contribution is -0.142. The van der Waals surface area contributed by atoms with Gasteiger partial charge in [0, 0.05) is 5.69 Å². The molecular weight excluding hydrogens is 353 g/mol. The molecule has 0 aliphatic heterocycles. The summed E-state index contributed by atoms with van der Waals surface area (Å²) in [6, 6.07) is 15.8. The summed E-state index contributed by atoms with van der Waals surface area (Å²) in [5.41, 5.74) is 1.13. The summed E-state index contributed by atoms with van der Waals surface area (Å²) in [6.07, 6.45) is 0. The molecule has 0 saturated heterocycles. The number of ether oxygens (including phenoxy) is 1. The second-order valence-corrected chi connectivity index (χ2v) is 6.78. The zero-order valence-corrected chi connectivity index (χ0v) is 15.2. The van der Waals surface area contributed by atoms with Crippen molar-refractivity contribution in [1.82, 2.24) is 14.8 Å². The van der Waals surface area contributed by atoms with E-state index in [2.05, 4.69) is 10.2 Å². The number of carbonyl (C=O) groups excluding carboxylic acids is 1. The summed E-state index contributed by atoms with van der Waals surface area (Å²) in [5, 5.41) is 8.41. The van der Waals surface area contributed by atoms with Crippen molar-refractivity contribution in [3.05, 3.63) is 60.4 Å². The lowest BCUT2D eigenvalue weighted by Crippen LogP contribution is -2.17. The maximum absolute atomic E-state index is 14.3. The Kier molecular flexibility index (Phi) is 5.68. The number of rotatable bonds is 6. The molecule has 3 aromatic rings. The Balaban J connectivity index is 2.06. The summed E-state index contributed by atoms with van der Waals surface area (Å²) in [4.78, 5) is 12.0. The monoisotopic (exact) mass is 371 g/mol. The molecule has 0 unspecified atom stereocenters. The molecule has 7 heteroatoms. The zero-order chi connectivity index (χ0) is 18.5. The van der Waals surface area contributed by atoms with Gasteiger partial charge in [-0.15, -0.1) is 10.2 Å². The zero-order valence-electron chi connectivity index (χ0n) is 14.4. The fourth-order valence-electron chi connectivity index (χ4n) is 2.44. The second kappa shape index (κ2) is 8.14. The van der Waals surface area contributed by atoms with E-state index in [1.165, 1.54) is 17.8 Å². The first-order chi connectivity index (χ1) is 12.6. The Morgan fingerprint density at radius 2 is 1.85 bits per heavy atom. The molecule has 0 aliphatic rings. The molecule has 0 spiro atoms. The van der Waals surface area contributed by atoms with E-state index in [0.717, 1.165) is 5.69 Å². The molecule has 1 atom stereocenters. The topological polar surface area (TPSA) is 57.0 Å². The van der Waals surface area contributed by atoms with Gasteiger partial charge in [-0.3, -0.25) is 9.36 Å². The van der Waals surface area contributed by atoms with Crippen LogP contribution in [0.4, 0.5) is 4.39 Å². The number of benzene rings is 2. The molecule has 0 radical (unpaired) electrons. The molecule has 26 heavy (non-hydrogen) atoms. The maximum atomic E-state index is 14.3. The van der Waals surface area contributed by atoms with Gasteiger partial charge in [-0.05, 0) is 38.1 Å². The largest absolute Gasteiger partial charge is 0.465 e. The summed E-state index contributed by atoms with van der Waals surface area (Å²) < 4.78 is 21.1. The summed E-state index contributed by atoms with van der Waals surface area (Å²) in [7, 11) is 0. The molecule has 5 nitrogen and oxygen atoms in total. The van der Waals surface area contributed by atoms with Crippen molar-refractivity contribution in [3.8, 4) is 17.1 Å². The molecule has 1 aromatic heterocycles. The van der Waals surface area contributed by atoms with E-state index in [0.29, 0.717) is 23.2 Å². The van der Waals surface area contributed by atoms with Crippen LogP contribution in [-0.4, -0.2) is 32.6 Å². The fraction of sp³-hybridized carbons (Fsp3) is 0.211. The van der Waals surface area contributed by atoms with Gasteiger partial charge in [-0.1, -0.05) is 42.1 Å². The van der Waals surface area contributed by atoms with E-state index in [-0.39, 0.29) is 11.8 Å². The lowest BCUT2D eigenvalue weighted by atomic mass is 10.2. The normalized spacial score (nSPS) is 12.0. The number of hydrogen-bond donors (Lipinski definition) is 0. The van der Waals surface area contributed by atoms with Crippen LogP contribution in [0.1, 0.15) is 13.8 Å². The van der Waals surface area contributed by atoms with Crippen molar-refractivity contribution in [2.24, 2.45) is 0 Å². The average molecular weight is 371 g/mol. The molecule has 0 N–H and O–H groups in total. The predicted octanol–water partition coefficient (Wildman–Crippen LogP) is 4.12. The highest BCUT2D eigenvalue weighted by Crippen LogP contribution is 2.31. The van der Waals surface area contributed by atoms with Crippen LogP contribution < -0.4 is 0 Å². The molecule has 0 amide bonds. The molecule has 1 heterocycles. The molecule has 2 aromatic carbocycles. The van der Waals surface area contributed by atoms with Gasteiger partial charge in [-0.25, -0.2) is 4.39 Å². The van der Waals surface area contributed by atoms with E-state index >= 15 is 0 Å². The molecule has 0 saturated carbocycles. The first-order valence-corrected chi connectivity index (χ1v) is 9.08. The van der Waals surface area contributed by atoms with E-state index in [1.807, 2.05) is 30.3 Å². The summed E-state index contributed by atoms with van der Waals surface area (Å²) in [5.74, 6) is -0.326. The fourth-order valence-corrected chi connectivity index (χ4v) is 3.30. The smallest absolute Gasteiger partial charge is 0.319 e. The Morgan fingerprint density at radius 3 is 2.54 bits per heavy atom.